The van der Waals surface area contributed by atoms with Crippen molar-refractivity contribution in [3.05, 3.63) is 95.0 Å². The van der Waals surface area contributed by atoms with E-state index in [-0.39, 0.29) is 16.7 Å². The number of aromatic nitrogens is 3. The lowest BCUT2D eigenvalue weighted by atomic mass is 10.0. The number of carbonyl (C=O) groups excluding carboxylic acids is 1. The Kier molecular flexibility index (Phi) is 8.28. The predicted octanol–water partition coefficient (Wildman–Crippen LogP) is 7.05. The molecule has 0 spiro atoms. The lowest BCUT2D eigenvalue weighted by Crippen LogP contribution is -2.15. The van der Waals surface area contributed by atoms with Gasteiger partial charge >= 0.3 is 0 Å². The van der Waals surface area contributed by atoms with Crippen LogP contribution in [0.3, 0.4) is 0 Å². The first kappa shape index (κ1) is 25.7. The van der Waals surface area contributed by atoms with Crippen molar-refractivity contribution >= 4 is 35.0 Å². The standard InChI is InChI=1S/C27H26ClFN4O2S/c1-17(2)19-9-12-22(13-10-19)35-18(3)26-31-32-27(33(26)21-7-5-4-6-8-21)36-16-25(34)30-24-14-11-20(29)15-23(24)28/h4-15,17-18H,16H2,1-3H3,(H,30,34). The van der Waals surface area contributed by atoms with E-state index in [0.29, 0.717) is 22.6 Å². The van der Waals surface area contributed by atoms with Crippen LogP contribution in [0, 0.1) is 5.82 Å². The second-order valence-electron chi connectivity index (χ2n) is 8.46. The number of hydrogen-bond donors (Lipinski definition) is 1. The molecule has 3 aromatic carbocycles. The lowest BCUT2D eigenvalue weighted by Gasteiger charge is -2.17. The summed E-state index contributed by atoms with van der Waals surface area (Å²) in [5.74, 6) is 1.08. The van der Waals surface area contributed by atoms with Gasteiger partial charge in [0.2, 0.25) is 5.91 Å². The van der Waals surface area contributed by atoms with Gasteiger partial charge in [-0.1, -0.05) is 67.5 Å². The van der Waals surface area contributed by atoms with E-state index >= 15 is 0 Å². The Hall–Kier alpha value is -3.36. The van der Waals surface area contributed by atoms with Crippen LogP contribution in [0.5, 0.6) is 5.75 Å². The number of halogens is 2. The van der Waals surface area contributed by atoms with Gasteiger partial charge < -0.3 is 10.1 Å². The molecule has 0 saturated heterocycles. The third-order valence-corrected chi connectivity index (χ3v) is 6.68. The van der Waals surface area contributed by atoms with Gasteiger partial charge in [-0.3, -0.25) is 9.36 Å². The number of para-hydroxylation sites is 1. The maximum atomic E-state index is 13.3. The minimum absolute atomic E-state index is 0.0601. The van der Waals surface area contributed by atoms with Crippen molar-refractivity contribution < 1.29 is 13.9 Å². The summed E-state index contributed by atoms with van der Waals surface area (Å²) in [5, 5.41) is 12.1. The fraction of sp³-hybridized carbons (Fsp3) is 0.222. The van der Waals surface area contributed by atoms with Crippen LogP contribution in [0.4, 0.5) is 10.1 Å². The van der Waals surface area contributed by atoms with Crippen molar-refractivity contribution in [2.24, 2.45) is 0 Å². The summed E-state index contributed by atoms with van der Waals surface area (Å²) in [6.45, 7) is 6.21. The van der Waals surface area contributed by atoms with Crippen LogP contribution in [-0.2, 0) is 4.79 Å². The van der Waals surface area contributed by atoms with Gasteiger partial charge in [0.05, 0.1) is 16.5 Å². The molecule has 0 bridgehead atoms. The summed E-state index contributed by atoms with van der Waals surface area (Å²) < 4.78 is 21.4. The highest BCUT2D eigenvalue weighted by atomic mass is 35.5. The van der Waals surface area contributed by atoms with Gasteiger partial charge in [-0.05, 0) is 60.9 Å². The van der Waals surface area contributed by atoms with E-state index in [4.69, 9.17) is 16.3 Å². The molecule has 0 fully saturated rings. The second-order valence-corrected chi connectivity index (χ2v) is 9.81. The third kappa shape index (κ3) is 6.25. The van der Waals surface area contributed by atoms with Gasteiger partial charge in [0, 0.05) is 5.69 Å². The molecule has 1 N–H and O–H groups in total. The van der Waals surface area contributed by atoms with Crippen LogP contribution in [0.2, 0.25) is 5.02 Å². The maximum absolute atomic E-state index is 13.3. The zero-order valence-corrected chi connectivity index (χ0v) is 21.7. The highest BCUT2D eigenvalue weighted by Gasteiger charge is 2.22. The molecule has 1 atom stereocenters. The molecule has 1 amide bonds. The van der Waals surface area contributed by atoms with Crippen LogP contribution >= 0.6 is 23.4 Å². The quantitative estimate of drug-likeness (QED) is 0.237. The zero-order chi connectivity index (χ0) is 25.7. The Morgan fingerprint density at radius 3 is 2.44 bits per heavy atom. The molecular formula is C27H26ClFN4O2S. The van der Waals surface area contributed by atoms with Gasteiger partial charge in [-0.2, -0.15) is 0 Å². The van der Waals surface area contributed by atoms with Crippen LogP contribution in [0.1, 0.15) is 44.2 Å². The summed E-state index contributed by atoms with van der Waals surface area (Å²) in [6, 6.07) is 21.5. The summed E-state index contributed by atoms with van der Waals surface area (Å²) in [5.41, 5.74) is 2.44. The summed E-state index contributed by atoms with van der Waals surface area (Å²) in [7, 11) is 0. The van der Waals surface area contributed by atoms with E-state index < -0.39 is 11.9 Å². The minimum atomic E-state index is -0.469. The van der Waals surface area contributed by atoms with Crippen molar-refractivity contribution in [3.63, 3.8) is 0 Å². The van der Waals surface area contributed by atoms with Crippen LogP contribution in [-0.4, -0.2) is 26.4 Å². The number of carbonyl (C=O) groups is 1. The molecular weight excluding hydrogens is 499 g/mol. The Labute approximate surface area is 218 Å². The van der Waals surface area contributed by atoms with Gasteiger partial charge in [0.25, 0.3) is 0 Å². The van der Waals surface area contributed by atoms with E-state index in [1.165, 1.54) is 29.5 Å². The average Bonchev–Trinajstić information content (AvgIpc) is 3.29. The van der Waals surface area contributed by atoms with Crippen molar-refractivity contribution in [1.82, 2.24) is 14.8 Å². The molecule has 1 heterocycles. The molecule has 4 rings (SSSR count). The number of thioether (sulfide) groups is 1. The third-order valence-electron chi connectivity index (χ3n) is 5.43. The van der Waals surface area contributed by atoms with Gasteiger partial charge in [-0.15, -0.1) is 10.2 Å². The van der Waals surface area contributed by atoms with E-state index in [1.54, 1.807) is 0 Å². The van der Waals surface area contributed by atoms with Crippen LogP contribution in [0.15, 0.2) is 78.0 Å². The topological polar surface area (TPSA) is 69.0 Å². The number of amides is 1. The molecule has 9 heteroatoms. The highest BCUT2D eigenvalue weighted by molar-refractivity contribution is 7.99. The summed E-state index contributed by atoms with van der Waals surface area (Å²) in [6.07, 6.45) is -0.399. The predicted molar refractivity (Wildman–Crippen MR) is 142 cm³/mol. The fourth-order valence-corrected chi connectivity index (χ4v) is 4.53. The molecule has 0 aliphatic heterocycles. The Balaban J connectivity index is 1.52. The SMILES string of the molecule is CC(C)c1ccc(OC(C)c2nnc(SCC(=O)Nc3ccc(F)cc3Cl)n2-c2ccccc2)cc1. The average molecular weight is 525 g/mol. The van der Waals surface area contributed by atoms with Crippen LogP contribution < -0.4 is 10.1 Å². The highest BCUT2D eigenvalue weighted by Crippen LogP contribution is 2.29. The first-order valence-corrected chi connectivity index (χ1v) is 12.8. The lowest BCUT2D eigenvalue weighted by molar-refractivity contribution is -0.113. The summed E-state index contributed by atoms with van der Waals surface area (Å²) in [4.78, 5) is 12.6. The number of hydrogen-bond acceptors (Lipinski definition) is 5. The number of ether oxygens (including phenoxy) is 1. The molecule has 1 unspecified atom stereocenters. The Morgan fingerprint density at radius 2 is 1.78 bits per heavy atom. The molecule has 36 heavy (non-hydrogen) atoms. The maximum Gasteiger partial charge on any atom is 0.234 e. The van der Waals surface area contributed by atoms with Crippen molar-refractivity contribution in [3.8, 4) is 11.4 Å². The molecule has 1 aromatic heterocycles. The van der Waals surface area contributed by atoms with Gasteiger partial charge in [0.15, 0.2) is 17.1 Å². The van der Waals surface area contributed by atoms with E-state index in [1.807, 2.05) is 54.0 Å². The monoisotopic (exact) mass is 524 g/mol. The molecule has 0 aliphatic rings. The minimum Gasteiger partial charge on any atom is -0.483 e. The van der Waals surface area contributed by atoms with Crippen LogP contribution in [0.25, 0.3) is 5.69 Å². The van der Waals surface area contributed by atoms with E-state index in [0.717, 1.165) is 17.5 Å². The Morgan fingerprint density at radius 1 is 1.06 bits per heavy atom. The molecule has 186 valence electrons. The zero-order valence-electron chi connectivity index (χ0n) is 20.1. The smallest absolute Gasteiger partial charge is 0.234 e. The molecule has 0 saturated carbocycles. The number of anilines is 1. The molecule has 0 radical (unpaired) electrons. The molecule has 0 aliphatic carbocycles. The van der Waals surface area contributed by atoms with E-state index in [9.17, 15) is 9.18 Å². The Bertz CT molecular complexity index is 1330. The van der Waals surface area contributed by atoms with Crippen molar-refractivity contribution in [2.75, 3.05) is 11.1 Å². The first-order chi connectivity index (χ1) is 17.3. The fourth-order valence-electron chi connectivity index (χ4n) is 3.55. The number of nitrogens with one attached hydrogen (secondary N) is 1. The number of rotatable bonds is 9. The molecule has 4 aromatic rings. The van der Waals surface area contributed by atoms with E-state index in [2.05, 4.69) is 41.5 Å². The normalized spacial score (nSPS) is 11.9. The number of benzene rings is 3. The first-order valence-electron chi connectivity index (χ1n) is 11.5. The van der Waals surface area contributed by atoms with Crippen molar-refractivity contribution in [1.29, 1.82) is 0 Å². The van der Waals surface area contributed by atoms with Gasteiger partial charge in [-0.25, -0.2) is 4.39 Å². The number of nitrogens with zero attached hydrogens (tertiary/aromatic N) is 3. The summed E-state index contributed by atoms with van der Waals surface area (Å²) >= 11 is 7.26. The van der Waals surface area contributed by atoms with Gasteiger partial charge in [0.1, 0.15) is 11.6 Å². The second kappa shape index (κ2) is 11.6. The van der Waals surface area contributed by atoms with Crippen molar-refractivity contribution in [2.45, 2.75) is 37.9 Å². The molecule has 6 nitrogen and oxygen atoms in total. The largest absolute Gasteiger partial charge is 0.483 e.